The highest BCUT2D eigenvalue weighted by atomic mass is 35.5. The van der Waals surface area contributed by atoms with Gasteiger partial charge in [-0.3, -0.25) is 0 Å². The van der Waals surface area contributed by atoms with Crippen LogP contribution in [0.4, 0.5) is 4.39 Å². The van der Waals surface area contributed by atoms with E-state index in [9.17, 15) is 12.8 Å². The fraction of sp³-hybridized carbons (Fsp3) is 0.538. The zero-order chi connectivity index (χ0) is 16.0. The van der Waals surface area contributed by atoms with E-state index in [1.807, 2.05) is 0 Å². The molecule has 1 rings (SSSR count). The van der Waals surface area contributed by atoms with Gasteiger partial charge in [0.1, 0.15) is 10.7 Å². The molecule has 0 aliphatic rings. The third-order valence-corrected chi connectivity index (χ3v) is 5.03. The lowest BCUT2D eigenvalue weighted by Gasteiger charge is -2.18. The molecule has 0 aliphatic carbocycles. The zero-order valence-electron chi connectivity index (χ0n) is 12.3. The van der Waals surface area contributed by atoms with Crippen LogP contribution in [0.25, 0.3) is 0 Å². The number of hydrogen-bond acceptors (Lipinski definition) is 4. The molecular weight excluding hydrogens is 319 g/mol. The quantitative estimate of drug-likeness (QED) is 0.735. The lowest BCUT2D eigenvalue weighted by Crippen LogP contribution is -2.29. The van der Waals surface area contributed by atoms with E-state index >= 15 is 0 Å². The monoisotopic (exact) mass is 338 g/mol. The predicted octanol–water partition coefficient (Wildman–Crippen LogP) is 1.86. The Labute approximate surface area is 130 Å². The second-order valence-electron chi connectivity index (χ2n) is 4.58. The molecule has 120 valence electrons. The summed E-state index contributed by atoms with van der Waals surface area (Å²) in [6.45, 7) is 0.870. The van der Waals surface area contributed by atoms with E-state index in [2.05, 4.69) is 5.32 Å². The van der Waals surface area contributed by atoms with Crippen LogP contribution in [-0.4, -0.2) is 47.1 Å². The molecule has 0 unspecified atom stereocenters. The van der Waals surface area contributed by atoms with Crippen LogP contribution < -0.4 is 5.32 Å². The van der Waals surface area contributed by atoms with Gasteiger partial charge in [-0.2, -0.15) is 0 Å². The Morgan fingerprint density at radius 2 is 2.10 bits per heavy atom. The number of ether oxygens (including phenoxy) is 1. The Kier molecular flexibility index (Phi) is 7.02. The summed E-state index contributed by atoms with van der Waals surface area (Å²) in [6, 6.07) is 2.55. The van der Waals surface area contributed by atoms with Gasteiger partial charge >= 0.3 is 0 Å². The summed E-state index contributed by atoms with van der Waals surface area (Å²) in [5.74, 6) is -0.771. The van der Waals surface area contributed by atoms with Crippen LogP contribution in [0.1, 0.15) is 12.0 Å². The van der Waals surface area contributed by atoms with Crippen molar-refractivity contribution in [2.45, 2.75) is 17.9 Å². The number of nitrogens with one attached hydrogen (secondary N) is 1. The molecule has 1 N–H and O–H groups in total. The van der Waals surface area contributed by atoms with Gasteiger partial charge in [0.15, 0.2) is 0 Å². The summed E-state index contributed by atoms with van der Waals surface area (Å²) >= 11 is 5.90. The largest absolute Gasteiger partial charge is 0.385 e. The van der Waals surface area contributed by atoms with Crippen molar-refractivity contribution in [2.24, 2.45) is 0 Å². The van der Waals surface area contributed by atoms with Crippen LogP contribution in [-0.2, 0) is 21.3 Å². The normalized spacial score (nSPS) is 12.1. The maximum absolute atomic E-state index is 14.4. The summed E-state index contributed by atoms with van der Waals surface area (Å²) in [5, 5.41) is 2.96. The number of nitrogens with zero attached hydrogens (tertiary/aromatic N) is 1. The summed E-state index contributed by atoms with van der Waals surface area (Å²) in [6.07, 6.45) is 0.526. The minimum absolute atomic E-state index is 0.186. The SMILES string of the molecule is CNCc1cc(Cl)cc(S(=O)(=O)N(C)CCCOC)c1F. The molecule has 0 saturated heterocycles. The zero-order valence-corrected chi connectivity index (χ0v) is 13.9. The van der Waals surface area contributed by atoms with Crippen LogP contribution >= 0.6 is 11.6 Å². The molecule has 0 saturated carbocycles. The second-order valence-corrected chi connectivity index (χ2v) is 7.03. The summed E-state index contributed by atoms with van der Waals surface area (Å²) in [4.78, 5) is -0.403. The van der Waals surface area contributed by atoms with Gasteiger partial charge in [0.25, 0.3) is 0 Å². The van der Waals surface area contributed by atoms with Crippen LogP contribution in [0.5, 0.6) is 0 Å². The van der Waals surface area contributed by atoms with Gasteiger partial charge in [-0.1, -0.05) is 11.6 Å². The number of hydrogen-bond donors (Lipinski definition) is 1. The average Bonchev–Trinajstić information content (AvgIpc) is 2.42. The summed E-state index contributed by atoms with van der Waals surface area (Å²) < 4.78 is 45.2. The number of sulfonamides is 1. The minimum Gasteiger partial charge on any atom is -0.385 e. The lowest BCUT2D eigenvalue weighted by molar-refractivity contribution is 0.189. The van der Waals surface area contributed by atoms with E-state index in [-0.39, 0.29) is 23.7 Å². The van der Waals surface area contributed by atoms with E-state index in [0.717, 1.165) is 10.4 Å². The third-order valence-electron chi connectivity index (χ3n) is 2.96. The number of methoxy groups -OCH3 is 1. The third kappa shape index (κ3) is 4.62. The Balaban J connectivity index is 3.12. The maximum Gasteiger partial charge on any atom is 0.245 e. The van der Waals surface area contributed by atoms with Crippen molar-refractivity contribution < 1.29 is 17.5 Å². The average molecular weight is 339 g/mol. The molecule has 0 spiro atoms. The van der Waals surface area contributed by atoms with Gasteiger partial charge in [-0.05, 0) is 25.6 Å². The number of rotatable bonds is 8. The predicted molar refractivity (Wildman–Crippen MR) is 80.5 cm³/mol. The van der Waals surface area contributed by atoms with Gasteiger partial charge in [0.05, 0.1) is 0 Å². The van der Waals surface area contributed by atoms with Crippen LogP contribution in [0.15, 0.2) is 17.0 Å². The van der Waals surface area contributed by atoms with Crippen molar-refractivity contribution in [3.63, 3.8) is 0 Å². The molecule has 21 heavy (non-hydrogen) atoms. The van der Waals surface area contributed by atoms with Gasteiger partial charge in [-0.25, -0.2) is 17.1 Å². The van der Waals surface area contributed by atoms with Gasteiger partial charge in [-0.15, -0.1) is 0 Å². The van der Waals surface area contributed by atoms with Crippen molar-refractivity contribution in [2.75, 3.05) is 34.4 Å². The summed E-state index contributed by atoms with van der Waals surface area (Å²) in [7, 11) is 0.664. The first-order chi connectivity index (χ1) is 9.84. The Bertz CT molecular complexity index is 581. The molecule has 0 aliphatic heterocycles. The Hall–Kier alpha value is -0.730. The van der Waals surface area contributed by atoms with Gasteiger partial charge in [0, 0.05) is 44.4 Å². The topological polar surface area (TPSA) is 58.6 Å². The Morgan fingerprint density at radius 3 is 2.67 bits per heavy atom. The number of halogens is 2. The minimum atomic E-state index is -3.92. The molecule has 1 aromatic rings. The molecule has 8 heteroatoms. The molecule has 5 nitrogen and oxygen atoms in total. The van der Waals surface area contributed by atoms with Crippen molar-refractivity contribution in [1.82, 2.24) is 9.62 Å². The van der Waals surface area contributed by atoms with Crippen molar-refractivity contribution in [3.8, 4) is 0 Å². The van der Waals surface area contributed by atoms with E-state index in [0.29, 0.717) is 13.0 Å². The molecule has 0 bridgehead atoms. The second kappa shape index (κ2) is 8.05. The van der Waals surface area contributed by atoms with Crippen molar-refractivity contribution in [1.29, 1.82) is 0 Å². The highest BCUT2D eigenvalue weighted by Gasteiger charge is 2.26. The fourth-order valence-corrected chi connectivity index (χ4v) is 3.49. The highest BCUT2D eigenvalue weighted by molar-refractivity contribution is 7.89. The molecular formula is C13H20ClFN2O3S. The number of benzene rings is 1. The Morgan fingerprint density at radius 1 is 1.43 bits per heavy atom. The van der Waals surface area contributed by atoms with Gasteiger partial charge < -0.3 is 10.1 Å². The fourth-order valence-electron chi connectivity index (χ4n) is 1.84. The summed E-state index contributed by atoms with van der Waals surface area (Å²) in [5.41, 5.74) is 0.217. The first-order valence-electron chi connectivity index (χ1n) is 6.42. The lowest BCUT2D eigenvalue weighted by atomic mass is 10.2. The smallest absolute Gasteiger partial charge is 0.245 e. The van der Waals surface area contributed by atoms with E-state index < -0.39 is 20.7 Å². The maximum atomic E-state index is 14.4. The van der Waals surface area contributed by atoms with Crippen LogP contribution in [0.3, 0.4) is 0 Å². The molecule has 0 atom stereocenters. The molecule has 0 heterocycles. The van der Waals surface area contributed by atoms with Crippen molar-refractivity contribution >= 4 is 21.6 Å². The molecule has 0 fully saturated rings. The first-order valence-corrected chi connectivity index (χ1v) is 8.24. The molecule has 0 amide bonds. The molecule has 0 radical (unpaired) electrons. The van der Waals surface area contributed by atoms with Crippen molar-refractivity contribution in [3.05, 3.63) is 28.5 Å². The van der Waals surface area contributed by atoms with Gasteiger partial charge in [0.2, 0.25) is 10.0 Å². The molecule has 1 aromatic carbocycles. The van der Waals surface area contributed by atoms with E-state index in [4.69, 9.17) is 16.3 Å². The van der Waals surface area contributed by atoms with Crippen LogP contribution in [0, 0.1) is 5.82 Å². The van der Waals surface area contributed by atoms with Crippen LogP contribution in [0.2, 0.25) is 5.02 Å². The highest BCUT2D eigenvalue weighted by Crippen LogP contribution is 2.26. The first kappa shape index (κ1) is 18.3. The molecule has 0 aromatic heterocycles. The van der Waals surface area contributed by atoms with E-state index in [1.165, 1.54) is 20.2 Å². The van der Waals surface area contributed by atoms with E-state index in [1.54, 1.807) is 7.05 Å². The standard InChI is InChI=1S/C13H20ClFN2O3S/c1-16-9-10-7-11(14)8-12(13(10)15)21(18,19)17(2)5-4-6-20-3/h7-8,16H,4-6,9H2,1-3H3.